The number of para-hydroxylation sites is 1. The van der Waals surface area contributed by atoms with E-state index in [0.29, 0.717) is 5.56 Å². The molecule has 0 saturated heterocycles. The van der Waals surface area contributed by atoms with E-state index in [0.717, 1.165) is 16.5 Å². The van der Waals surface area contributed by atoms with Gasteiger partial charge in [0.05, 0.1) is 12.5 Å². The molecule has 3 aromatic rings. The predicted octanol–water partition coefficient (Wildman–Crippen LogP) is 0.314. The fraction of sp³-hybridized carbons (Fsp3) is 0.296. The molecule has 206 valence electrons. The van der Waals surface area contributed by atoms with Gasteiger partial charge in [0.1, 0.15) is 18.1 Å². The summed E-state index contributed by atoms with van der Waals surface area (Å²) < 4.78 is 0. The number of nitrogens with two attached hydrogens (primary N) is 1. The predicted molar refractivity (Wildman–Crippen MR) is 141 cm³/mol. The van der Waals surface area contributed by atoms with Crippen molar-refractivity contribution in [3.8, 4) is 0 Å². The van der Waals surface area contributed by atoms with Crippen LogP contribution >= 0.6 is 0 Å². The first-order chi connectivity index (χ1) is 18.5. The molecule has 0 spiro atoms. The molecule has 1 heterocycles. The molecule has 39 heavy (non-hydrogen) atoms. The van der Waals surface area contributed by atoms with Crippen LogP contribution in [0.2, 0.25) is 0 Å². The van der Waals surface area contributed by atoms with E-state index in [1.165, 1.54) is 6.92 Å². The van der Waals surface area contributed by atoms with Gasteiger partial charge in [-0.15, -0.1) is 0 Å². The number of aromatic amines is 1. The molecule has 4 unspecified atom stereocenters. The number of hydrogen-bond donors (Lipinski definition) is 7. The highest BCUT2D eigenvalue weighted by Gasteiger charge is 2.31. The van der Waals surface area contributed by atoms with Gasteiger partial charge >= 0.3 is 11.9 Å². The fourth-order valence-electron chi connectivity index (χ4n) is 4.00. The van der Waals surface area contributed by atoms with E-state index in [2.05, 4.69) is 20.9 Å². The van der Waals surface area contributed by atoms with Gasteiger partial charge in [-0.25, -0.2) is 0 Å². The zero-order valence-electron chi connectivity index (χ0n) is 21.2. The summed E-state index contributed by atoms with van der Waals surface area (Å²) >= 11 is 0. The molecule has 4 atom stereocenters. The highest BCUT2D eigenvalue weighted by molar-refractivity contribution is 5.96. The summed E-state index contributed by atoms with van der Waals surface area (Å²) in [5.41, 5.74) is 8.59. The normalized spacial score (nSPS) is 14.0. The van der Waals surface area contributed by atoms with Gasteiger partial charge in [-0.05, 0) is 30.5 Å². The van der Waals surface area contributed by atoms with Crippen molar-refractivity contribution in [1.29, 1.82) is 0 Å². The molecule has 12 heteroatoms. The SMILES string of the molecule is CC(NC(=O)C(CC(=O)O)NC(=O)C(Cc1ccccc1)NC(=O)C(N)Cc1c[nH]c2ccccc12)C(=O)O. The Morgan fingerprint density at radius 3 is 2.10 bits per heavy atom. The number of aliphatic carboxylic acids is 2. The number of carboxylic acids is 2. The molecule has 0 radical (unpaired) electrons. The highest BCUT2D eigenvalue weighted by Crippen LogP contribution is 2.19. The number of H-pyrrole nitrogens is 1. The van der Waals surface area contributed by atoms with E-state index in [9.17, 15) is 29.1 Å². The van der Waals surface area contributed by atoms with Crippen LogP contribution in [0.15, 0.2) is 60.8 Å². The molecule has 1 aromatic heterocycles. The second-order valence-electron chi connectivity index (χ2n) is 9.15. The van der Waals surface area contributed by atoms with Gasteiger partial charge in [0.15, 0.2) is 0 Å². The van der Waals surface area contributed by atoms with Gasteiger partial charge in [-0.1, -0.05) is 48.5 Å². The lowest BCUT2D eigenvalue weighted by atomic mass is 10.0. The van der Waals surface area contributed by atoms with Crippen molar-refractivity contribution in [2.24, 2.45) is 5.73 Å². The van der Waals surface area contributed by atoms with Gasteiger partial charge in [0.25, 0.3) is 0 Å². The van der Waals surface area contributed by atoms with Crippen LogP contribution < -0.4 is 21.7 Å². The van der Waals surface area contributed by atoms with Gasteiger partial charge in [0.2, 0.25) is 17.7 Å². The minimum absolute atomic E-state index is 0.0329. The second kappa shape index (κ2) is 13.2. The lowest BCUT2D eigenvalue weighted by Crippen LogP contribution is -2.58. The standard InChI is InChI=1S/C27H31N5O7/c1-15(27(38)39)30-25(36)22(13-23(33)34)32-26(37)21(11-16-7-3-2-4-8-16)31-24(35)19(28)12-17-14-29-20-10-6-5-9-18(17)20/h2-10,14-15,19,21-22,29H,11-13,28H2,1H3,(H,30,36)(H,31,35)(H,32,37)(H,33,34)(H,38,39). The molecular formula is C27H31N5O7. The summed E-state index contributed by atoms with van der Waals surface area (Å²) in [6.07, 6.45) is 1.19. The minimum atomic E-state index is -1.58. The maximum absolute atomic E-state index is 13.3. The Kier molecular flexibility index (Phi) is 9.76. The lowest BCUT2D eigenvalue weighted by Gasteiger charge is -2.24. The molecule has 0 bridgehead atoms. The smallest absolute Gasteiger partial charge is 0.325 e. The maximum Gasteiger partial charge on any atom is 0.325 e. The fourth-order valence-corrected chi connectivity index (χ4v) is 4.00. The minimum Gasteiger partial charge on any atom is -0.481 e. The highest BCUT2D eigenvalue weighted by atomic mass is 16.4. The quantitative estimate of drug-likeness (QED) is 0.161. The summed E-state index contributed by atoms with van der Waals surface area (Å²) in [6, 6.07) is 11.2. The average molecular weight is 538 g/mol. The molecule has 3 amide bonds. The van der Waals surface area contributed by atoms with E-state index in [1.807, 2.05) is 24.3 Å². The van der Waals surface area contributed by atoms with Gasteiger partial charge in [0, 0.05) is 23.5 Å². The summed E-state index contributed by atoms with van der Waals surface area (Å²) in [5.74, 6) is -5.14. The van der Waals surface area contributed by atoms with Crippen molar-refractivity contribution in [2.45, 2.75) is 50.4 Å². The number of fused-ring (bicyclic) bond motifs is 1. The van der Waals surface area contributed by atoms with Crippen molar-refractivity contribution >= 4 is 40.6 Å². The summed E-state index contributed by atoms with van der Waals surface area (Å²) in [5, 5.41) is 26.3. The summed E-state index contributed by atoms with van der Waals surface area (Å²) in [6.45, 7) is 1.20. The Hall–Kier alpha value is -4.71. The first-order valence-electron chi connectivity index (χ1n) is 12.3. The molecule has 8 N–H and O–H groups in total. The van der Waals surface area contributed by atoms with Crippen LogP contribution in [0.1, 0.15) is 24.5 Å². The Bertz CT molecular complexity index is 1340. The monoisotopic (exact) mass is 537 g/mol. The first-order valence-corrected chi connectivity index (χ1v) is 12.3. The number of aromatic nitrogens is 1. The third-order valence-electron chi connectivity index (χ3n) is 6.11. The van der Waals surface area contributed by atoms with Crippen LogP contribution in [0.4, 0.5) is 0 Å². The topological polar surface area (TPSA) is 204 Å². The van der Waals surface area contributed by atoms with E-state index in [-0.39, 0.29) is 12.8 Å². The molecule has 0 saturated carbocycles. The lowest BCUT2D eigenvalue weighted by molar-refractivity contribution is -0.143. The zero-order chi connectivity index (χ0) is 28.5. The molecule has 0 fully saturated rings. The third-order valence-corrected chi connectivity index (χ3v) is 6.11. The molecular weight excluding hydrogens is 506 g/mol. The van der Waals surface area contributed by atoms with Crippen molar-refractivity contribution in [1.82, 2.24) is 20.9 Å². The van der Waals surface area contributed by atoms with Crippen molar-refractivity contribution in [3.05, 3.63) is 71.9 Å². The van der Waals surface area contributed by atoms with E-state index in [1.54, 1.807) is 36.5 Å². The van der Waals surface area contributed by atoms with Gasteiger partial charge in [-0.2, -0.15) is 0 Å². The molecule has 12 nitrogen and oxygen atoms in total. The Labute approximate surface area is 224 Å². The zero-order valence-corrected chi connectivity index (χ0v) is 21.2. The molecule has 0 aliphatic heterocycles. The van der Waals surface area contributed by atoms with Crippen LogP contribution in [0.3, 0.4) is 0 Å². The number of nitrogens with one attached hydrogen (secondary N) is 4. The van der Waals surface area contributed by atoms with Crippen molar-refractivity contribution < 1.29 is 34.2 Å². The number of carboxylic acid groups (broad SMARTS) is 2. The Morgan fingerprint density at radius 2 is 1.44 bits per heavy atom. The second-order valence-corrected chi connectivity index (χ2v) is 9.15. The third kappa shape index (κ3) is 8.14. The summed E-state index contributed by atoms with van der Waals surface area (Å²) in [7, 11) is 0. The number of hydrogen-bond acceptors (Lipinski definition) is 6. The van der Waals surface area contributed by atoms with Crippen LogP contribution in [0, 0.1) is 0 Å². The number of carbonyl (C=O) groups is 5. The first kappa shape index (κ1) is 28.9. The Morgan fingerprint density at radius 1 is 0.821 bits per heavy atom. The van der Waals surface area contributed by atoms with Crippen molar-refractivity contribution in [3.63, 3.8) is 0 Å². The molecule has 0 aliphatic rings. The number of rotatable bonds is 13. The summed E-state index contributed by atoms with van der Waals surface area (Å²) in [4.78, 5) is 64.5. The van der Waals surface area contributed by atoms with E-state index >= 15 is 0 Å². The maximum atomic E-state index is 13.3. The van der Waals surface area contributed by atoms with Crippen LogP contribution in [-0.4, -0.2) is 69.0 Å². The number of benzene rings is 2. The van der Waals surface area contributed by atoms with E-state index < -0.39 is 60.2 Å². The number of amides is 3. The van der Waals surface area contributed by atoms with Crippen molar-refractivity contribution in [2.75, 3.05) is 0 Å². The Balaban J connectivity index is 1.76. The average Bonchev–Trinajstić information content (AvgIpc) is 3.30. The largest absolute Gasteiger partial charge is 0.481 e. The van der Waals surface area contributed by atoms with Crippen LogP contribution in [0.25, 0.3) is 10.9 Å². The molecule has 2 aromatic carbocycles. The van der Waals surface area contributed by atoms with Crippen LogP contribution in [0.5, 0.6) is 0 Å². The van der Waals surface area contributed by atoms with Gasteiger partial charge in [-0.3, -0.25) is 24.0 Å². The number of carbonyl (C=O) groups excluding carboxylic acids is 3. The van der Waals surface area contributed by atoms with Crippen LogP contribution in [-0.2, 0) is 36.8 Å². The molecule has 0 aliphatic carbocycles. The van der Waals surface area contributed by atoms with Gasteiger partial charge < -0.3 is 36.9 Å². The van der Waals surface area contributed by atoms with E-state index in [4.69, 9.17) is 10.8 Å². The molecule has 3 rings (SSSR count).